The topological polar surface area (TPSA) is 92.7 Å². The van der Waals surface area contributed by atoms with Gasteiger partial charge in [0.25, 0.3) is 0 Å². The molecule has 4 rings (SSSR count). The summed E-state index contributed by atoms with van der Waals surface area (Å²) in [6, 6.07) is 20.8. The van der Waals surface area contributed by atoms with E-state index >= 15 is 0 Å². The van der Waals surface area contributed by atoms with Gasteiger partial charge in [-0.05, 0) is 55.2 Å². The SMILES string of the molecule is N=C(NCCCc1c[nH]cn1)NCCCN(Cc1ccc(Br)cc1)c1ccc2ccccc2n1. The Hall–Kier alpha value is -3.39. The summed E-state index contributed by atoms with van der Waals surface area (Å²) in [4.78, 5) is 14.4. The molecule has 34 heavy (non-hydrogen) atoms. The lowest BCUT2D eigenvalue weighted by Gasteiger charge is -2.24. The van der Waals surface area contributed by atoms with Crippen molar-refractivity contribution in [3.05, 3.63) is 88.9 Å². The Morgan fingerprint density at radius 2 is 1.76 bits per heavy atom. The fourth-order valence-electron chi connectivity index (χ4n) is 3.77. The molecule has 2 heterocycles. The highest BCUT2D eigenvalue weighted by Gasteiger charge is 2.10. The number of aromatic amines is 1. The van der Waals surface area contributed by atoms with Gasteiger partial charge in [0.05, 0.1) is 17.5 Å². The van der Waals surface area contributed by atoms with E-state index in [0.29, 0.717) is 5.96 Å². The van der Waals surface area contributed by atoms with Crippen LogP contribution < -0.4 is 15.5 Å². The third-order valence-electron chi connectivity index (χ3n) is 5.57. The fourth-order valence-corrected chi connectivity index (χ4v) is 4.04. The number of para-hydroxylation sites is 1. The van der Waals surface area contributed by atoms with Crippen LogP contribution in [0.3, 0.4) is 0 Å². The van der Waals surface area contributed by atoms with E-state index in [1.165, 1.54) is 5.56 Å². The van der Waals surface area contributed by atoms with Crippen LogP contribution in [0.1, 0.15) is 24.1 Å². The molecule has 7 nitrogen and oxygen atoms in total. The maximum atomic E-state index is 8.11. The number of nitrogens with one attached hydrogen (secondary N) is 4. The van der Waals surface area contributed by atoms with Crippen LogP contribution in [0.15, 0.2) is 77.7 Å². The molecule has 4 aromatic rings. The monoisotopic (exact) mass is 519 g/mol. The molecule has 0 aliphatic carbocycles. The molecule has 2 aromatic carbocycles. The first-order chi connectivity index (χ1) is 16.7. The lowest BCUT2D eigenvalue weighted by atomic mass is 10.2. The number of aryl methyl sites for hydroxylation is 1. The second kappa shape index (κ2) is 12.2. The average molecular weight is 520 g/mol. The van der Waals surface area contributed by atoms with Crippen molar-refractivity contribution in [1.29, 1.82) is 5.41 Å². The third kappa shape index (κ3) is 7.05. The number of hydrogen-bond donors (Lipinski definition) is 4. The zero-order valence-corrected chi connectivity index (χ0v) is 20.7. The number of rotatable bonds is 11. The molecule has 8 heteroatoms. The minimum atomic E-state index is 0.366. The molecule has 0 saturated heterocycles. The Morgan fingerprint density at radius 1 is 0.971 bits per heavy atom. The van der Waals surface area contributed by atoms with E-state index in [-0.39, 0.29) is 0 Å². The van der Waals surface area contributed by atoms with Crippen molar-refractivity contribution < 1.29 is 0 Å². The number of fused-ring (bicyclic) bond motifs is 1. The Balaban J connectivity index is 1.29. The van der Waals surface area contributed by atoms with E-state index in [4.69, 9.17) is 10.4 Å². The van der Waals surface area contributed by atoms with Crippen LogP contribution in [0.2, 0.25) is 0 Å². The maximum absolute atomic E-state index is 8.11. The van der Waals surface area contributed by atoms with Crippen LogP contribution in [-0.2, 0) is 13.0 Å². The molecular formula is C26H30BrN7. The Labute approximate surface area is 208 Å². The number of halogens is 1. The van der Waals surface area contributed by atoms with E-state index in [2.05, 4.69) is 90.0 Å². The van der Waals surface area contributed by atoms with Gasteiger partial charge in [-0.3, -0.25) is 5.41 Å². The van der Waals surface area contributed by atoms with Gasteiger partial charge in [-0.15, -0.1) is 0 Å². The third-order valence-corrected chi connectivity index (χ3v) is 6.10. The van der Waals surface area contributed by atoms with Gasteiger partial charge in [-0.2, -0.15) is 0 Å². The summed E-state index contributed by atoms with van der Waals surface area (Å²) in [7, 11) is 0. The number of hydrogen-bond acceptors (Lipinski definition) is 4. The quantitative estimate of drug-likeness (QED) is 0.129. The van der Waals surface area contributed by atoms with E-state index in [1.54, 1.807) is 6.33 Å². The molecule has 2 aromatic heterocycles. The highest BCUT2D eigenvalue weighted by molar-refractivity contribution is 9.10. The number of nitrogens with zero attached hydrogens (tertiary/aromatic N) is 3. The Bertz CT molecular complexity index is 1180. The number of pyridine rings is 1. The normalized spacial score (nSPS) is 10.9. The summed E-state index contributed by atoms with van der Waals surface area (Å²) in [6.45, 7) is 3.08. The van der Waals surface area contributed by atoms with Crippen molar-refractivity contribution in [3.63, 3.8) is 0 Å². The zero-order valence-electron chi connectivity index (χ0n) is 19.1. The summed E-state index contributed by atoms with van der Waals surface area (Å²) in [5.74, 6) is 1.33. The number of guanidine groups is 1. The van der Waals surface area contributed by atoms with Crippen molar-refractivity contribution in [2.75, 3.05) is 24.5 Å². The van der Waals surface area contributed by atoms with Gasteiger partial charge in [0.15, 0.2) is 5.96 Å². The summed E-state index contributed by atoms with van der Waals surface area (Å²) in [6.07, 6.45) is 6.33. The van der Waals surface area contributed by atoms with Gasteiger partial charge in [-0.25, -0.2) is 9.97 Å². The number of H-pyrrole nitrogens is 1. The van der Waals surface area contributed by atoms with E-state index in [9.17, 15) is 0 Å². The molecular weight excluding hydrogens is 490 g/mol. The molecule has 0 amide bonds. The second-order valence-corrected chi connectivity index (χ2v) is 9.07. The average Bonchev–Trinajstić information content (AvgIpc) is 3.38. The molecule has 0 aliphatic rings. The van der Waals surface area contributed by atoms with Crippen LogP contribution in [0.4, 0.5) is 5.82 Å². The first kappa shape index (κ1) is 23.8. The van der Waals surface area contributed by atoms with Gasteiger partial charge >= 0.3 is 0 Å². The molecule has 0 radical (unpaired) electrons. The van der Waals surface area contributed by atoms with Crippen molar-refractivity contribution in [3.8, 4) is 0 Å². The number of imidazole rings is 1. The number of aromatic nitrogens is 3. The summed E-state index contributed by atoms with van der Waals surface area (Å²) < 4.78 is 1.08. The fraction of sp³-hybridized carbons (Fsp3) is 0.269. The summed E-state index contributed by atoms with van der Waals surface area (Å²) >= 11 is 3.52. The summed E-state index contributed by atoms with van der Waals surface area (Å²) in [5.41, 5.74) is 3.28. The predicted octanol–water partition coefficient (Wildman–Crippen LogP) is 4.86. The van der Waals surface area contributed by atoms with Crippen LogP contribution >= 0.6 is 15.9 Å². The molecule has 0 atom stereocenters. The largest absolute Gasteiger partial charge is 0.357 e. The molecule has 0 bridgehead atoms. The molecule has 4 N–H and O–H groups in total. The van der Waals surface area contributed by atoms with Crippen molar-refractivity contribution in [1.82, 2.24) is 25.6 Å². The second-order valence-electron chi connectivity index (χ2n) is 8.16. The highest BCUT2D eigenvalue weighted by Crippen LogP contribution is 2.21. The molecule has 176 valence electrons. The lowest BCUT2D eigenvalue weighted by molar-refractivity contribution is 0.683. The zero-order chi connectivity index (χ0) is 23.6. The summed E-state index contributed by atoms with van der Waals surface area (Å²) in [5, 5.41) is 15.6. The first-order valence-corrected chi connectivity index (χ1v) is 12.4. The van der Waals surface area contributed by atoms with Crippen LogP contribution in [0.5, 0.6) is 0 Å². The minimum absolute atomic E-state index is 0.366. The van der Waals surface area contributed by atoms with Gasteiger partial charge in [0.2, 0.25) is 0 Å². The van der Waals surface area contributed by atoms with Gasteiger partial charge < -0.3 is 20.5 Å². The molecule has 0 aliphatic heterocycles. The minimum Gasteiger partial charge on any atom is -0.357 e. The molecule has 0 spiro atoms. The Kier molecular flexibility index (Phi) is 8.51. The number of anilines is 1. The standard InChI is InChI=1S/C26H30BrN7/c27-22-11-8-20(9-12-22)18-34(25-13-10-21-5-1-2-7-24(21)33-25)16-4-15-31-26(28)30-14-3-6-23-17-29-19-32-23/h1-2,5,7-13,17,19H,3-4,6,14-16,18H2,(H,29,32)(H3,28,30,31). The highest BCUT2D eigenvalue weighted by atomic mass is 79.9. The Morgan fingerprint density at radius 3 is 2.56 bits per heavy atom. The van der Waals surface area contributed by atoms with Gasteiger partial charge in [0.1, 0.15) is 5.82 Å². The predicted molar refractivity (Wildman–Crippen MR) is 142 cm³/mol. The van der Waals surface area contributed by atoms with Crippen LogP contribution in [0, 0.1) is 5.41 Å². The smallest absolute Gasteiger partial charge is 0.188 e. The van der Waals surface area contributed by atoms with E-state index in [0.717, 1.165) is 72.3 Å². The first-order valence-electron chi connectivity index (χ1n) is 11.6. The van der Waals surface area contributed by atoms with Gasteiger partial charge in [0, 0.05) is 42.2 Å². The van der Waals surface area contributed by atoms with Gasteiger partial charge in [-0.1, -0.05) is 46.3 Å². The number of benzene rings is 2. The molecule has 0 fully saturated rings. The van der Waals surface area contributed by atoms with Crippen molar-refractivity contribution in [2.24, 2.45) is 0 Å². The lowest BCUT2D eigenvalue weighted by Crippen LogP contribution is -2.38. The van der Waals surface area contributed by atoms with Crippen LogP contribution in [0.25, 0.3) is 10.9 Å². The van der Waals surface area contributed by atoms with Crippen molar-refractivity contribution >= 4 is 38.6 Å². The van der Waals surface area contributed by atoms with E-state index < -0.39 is 0 Å². The van der Waals surface area contributed by atoms with E-state index in [1.807, 2.05) is 18.3 Å². The van der Waals surface area contributed by atoms with Crippen LogP contribution in [-0.4, -0.2) is 40.5 Å². The molecule has 0 saturated carbocycles. The molecule has 0 unspecified atom stereocenters. The maximum Gasteiger partial charge on any atom is 0.188 e. The van der Waals surface area contributed by atoms with Crippen molar-refractivity contribution in [2.45, 2.75) is 25.8 Å².